The molecular formula is C9H16N4O. The third kappa shape index (κ3) is 2.56. The average molecular weight is 196 g/mol. The zero-order valence-corrected chi connectivity index (χ0v) is 8.60. The standard InChI is InChI=1S/C9H16N4O/c1-3-9-11-8(2)6-12(9)4-5-13(10)7-14/h6-7H,3-5,10H2,1-2H3. The van der Waals surface area contributed by atoms with Crippen molar-refractivity contribution >= 4 is 6.41 Å². The van der Waals surface area contributed by atoms with Crippen LogP contribution in [0.5, 0.6) is 0 Å². The van der Waals surface area contributed by atoms with Gasteiger partial charge in [0.15, 0.2) is 0 Å². The summed E-state index contributed by atoms with van der Waals surface area (Å²) in [6.07, 6.45) is 3.48. The lowest BCUT2D eigenvalue weighted by Gasteiger charge is -2.11. The number of nitrogens with zero attached hydrogens (tertiary/aromatic N) is 3. The smallest absolute Gasteiger partial charge is 0.223 e. The number of carbonyl (C=O) groups is 1. The minimum absolute atomic E-state index is 0.506. The Morgan fingerprint density at radius 3 is 3.00 bits per heavy atom. The number of hydrogen-bond donors (Lipinski definition) is 1. The highest BCUT2D eigenvalue weighted by Crippen LogP contribution is 2.02. The van der Waals surface area contributed by atoms with Crippen molar-refractivity contribution in [3.8, 4) is 0 Å². The number of imidazole rings is 1. The SMILES string of the molecule is CCc1nc(C)cn1CCN(N)C=O. The summed E-state index contributed by atoms with van der Waals surface area (Å²) in [5.41, 5.74) is 0.997. The summed E-state index contributed by atoms with van der Waals surface area (Å²) in [4.78, 5) is 14.6. The molecule has 0 saturated heterocycles. The van der Waals surface area contributed by atoms with E-state index >= 15 is 0 Å². The number of aromatic nitrogens is 2. The minimum atomic E-state index is 0.506. The maximum Gasteiger partial charge on any atom is 0.223 e. The normalized spacial score (nSPS) is 10.2. The molecule has 0 aliphatic rings. The first-order valence-corrected chi connectivity index (χ1v) is 4.66. The molecular weight excluding hydrogens is 180 g/mol. The number of hydrogen-bond acceptors (Lipinski definition) is 3. The molecule has 2 N–H and O–H groups in total. The molecule has 0 unspecified atom stereocenters. The molecule has 5 nitrogen and oxygen atoms in total. The van der Waals surface area contributed by atoms with Gasteiger partial charge in [-0.05, 0) is 6.92 Å². The molecule has 0 atom stereocenters. The number of carbonyl (C=O) groups excluding carboxylic acids is 1. The van der Waals surface area contributed by atoms with Gasteiger partial charge in [-0.2, -0.15) is 0 Å². The molecule has 0 aliphatic heterocycles. The Hall–Kier alpha value is -1.36. The Morgan fingerprint density at radius 2 is 2.43 bits per heavy atom. The molecule has 1 aromatic heterocycles. The summed E-state index contributed by atoms with van der Waals surface area (Å²) in [5.74, 6) is 6.38. The predicted molar refractivity (Wildman–Crippen MR) is 53.3 cm³/mol. The van der Waals surface area contributed by atoms with E-state index in [4.69, 9.17) is 5.84 Å². The first kappa shape index (κ1) is 10.7. The van der Waals surface area contributed by atoms with Crippen LogP contribution in [0.1, 0.15) is 18.4 Å². The van der Waals surface area contributed by atoms with Crippen molar-refractivity contribution in [2.45, 2.75) is 26.8 Å². The van der Waals surface area contributed by atoms with E-state index in [9.17, 15) is 4.79 Å². The van der Waals surface area contributed by atoms with Gasteiger partial charge in [0.05, 0.1) is 12.2 Å². The second-order valence-electron chi connectivity index (χ2n) is 3.19. The van der Waals surface area contributed by atoms with Crippen LogP contribution in [0.3, 0.4) is 0 Å². The number of rotatable bonds is 5. The van der Waals surface area contributed by atoms with E-state index in [0.717, 1.165) is 22.9 Å². The third-order valence-corrected chi connectivity index (χ3v) is 2.03. The molecule has 1 amide bonds. The van der Waals surface area contributed by atoms with E-state index in [1.807, 2.05) is 17.7 Å². The van der Waals surface area contributed by atoms with Crippen LogP contribution < -0.4 is 5.84 Å². The number of aryl methyl sites for hydroxylation is 2. The minimum Gasteiger partial charge on any atom is -0.333 e. The molecule has 1 rings (SSSR count). The van der Waals surface area contributed by atoms with Gasteiger partial charge in [0.25, 0.3) is 0 Å². The maximum absolute atomic E-state index is 10.3. The summed E-state index contributed by atoms with van der Waals surface area (Å²) < 4.78 is 2.03. The molecule has 5 heteroatoms. The van der Waals surface area contributed by atoms with Crippen LogP contribution in [0, 0.1) is 6.92 Å². The van der Waals surface area contributed by atoms with Crippen molar-refractivity contribution in [3.63, 3.8) is 0 Å². The lowest BCUT2D eigenvalue weighted by atomic mass is 10.4. The fourth-order valence-electron chi connectivity index (χ4n) is 1.35. The molecule has 1 heterocycles. The Kier molecular flexibility index (Phi) is 3.64. The number of hydrazine groups is 1. The van der Waals surface area contributed by atoms with Gasteiger partial charge in [0.2, 0.25) is 6.41 Å². The molecule has 14 heavy (non-hydrogen) atoms. The molecule has 0 spiro atoms. The van der Waals surface area contributed by atoms with Crippen molar-refractivity contribution in [1.29, 1.82) is 0 Å². The molecule has 0 saturated carbocycles. The second-order valence-corrected chi connectivity index (χ2v) is 3.19. The van der Waals surface area contributed by atoms with E-state index in [1.54, 1.807) is 0 Å². The van der Waals surface area contributed by atoms with Crippen LogP contribution >= 0.6 is 0 Å². The monoisotopic (exact) mass is 196 g/mol. The van der Waals surface area contributed by atoms with E-state index in [1.165, 1.54) is 0 Å². The van der Waals surface area contributed by atoms with Crippen LogP contribution in [0.4, 0.5) is 0 Å². The van der Waals surface area contributed by atoms with E-state index in [-0.39, 0.29) is 0 Å². The fraction of sp³-hybridized carbons (Fsp3) is 0.556. The summed E-state index contributed by atoms with van der Waals surface area (Å²) >= 11 is 0. The van der Waals surface area contributed by atoms with Gasteiger partial charge in [-0.1, -0.05) is 6.92 Å². The molecule has 0 bridgehead atoms. The number of amides is 1. The third-order valence-electron chi connectivity index (χ3n) is 2.03. The van der Waals surface area contributed by atoms with Crippen molar-refractivity contribution in [2.75, 3.05) is 6.54 Å². The van der Waals surface area contributed by atoms with Gasteiger partial charge in [0, 0.05) is 19.2 Å². The summed E-state index contributed by atoms with van der Waals surface area (Å²) in [5, 5.41) is 1.13. The van der Waals surface area contributed by atoms with E-state index < -0.39 is 0 Å². The van der Waals surface area contributed by atoms with Crippen LogP contribution in [-0.2, 0) is 17.8 Å². The first-order chi connectivity index (χ1) is 6.67. The Morgan fingerprint density at radius 1 is 1.71 bits per heavy atom. The van der Waals surface area contributed by atoms with E-state index in [2.05, 4.69) is 11.9 Å². The number of nitrogens with two attached hydrogens (primary N) is 1. The average Bonchev–Trinajstić information content (AvgIpc) is 2.55. The van der Waals surface area contributed by atoms with Crippen LogP contribution in [0.25, 0.3) is 0 Å². The van der Waals surface area contributed by atoms with Crippen LogP contribution in [-0.4, -0.2) is 27.5 Å². The van der Waals surface area contributed by atoms with Gasteiger partial charge in [-0.15, -0.1) is 0 Å². The summed E-state index contributed by atoms with van der Waals surface area (Å²) in [6, 6.07) is 0. The van der Waals surface area contributed by atoms with Gasteiger partial charge >= 0.3 is 0 Å². The van der Waals surface area contributed by atoms with Gasteiger partial charge < -0.3 is 4.57 Å². The zero-order chi connectivity index (χ0) is 10.6. The van der Waals surface area contributed by atoms with Crippen molar-refractivity contribution in [2.24, 2.45) is 5.84 Å². The Labute approximate surface area is 83.5 Å². The summed E-state index contributed by atoms with van der Waals surface area (Å²) in [6.45, 7) is 5.21. The molecule has 1 aromatic rings. The van der Waals surface area contributed by atoms with E-state index in [0.29, 0.717) is 19.5 Å². The maximum atomic E-state index is 10.3. The molecule has 0 aromatic carbocycles. The van der Waals surface area contributed by atoms with Crippen molar-refractivity contribution in [1.82, 2.24) is 14.6 Å². The highest BCUT2D eigenvalue weighted by Gasteiger charge is 2.03. The highest BCUT2D eigenvalue weighted by atomic mass is 16.1. The first-order valence-electron chi connectivity index (χ1n) is 4.66. The zero-order valence-electron chi connectivity index (χ0n) is 8.60. The molecule has 0 fully saturated rings. The highest BCUT2D eigenvalue weighted by molar-refractivity contribution is 5.45. The van der Waals surface area contributed by atoms with Crippen molar-refractivity contribution in [3.05, 3.63) is 17.7 Å². The Bertz CT molecular complexity index is 308. The van der Waals surface area contributed by atoms with Crippen LogP contribution in [0.2, 0.25) is 0 Å². The largest absolute Gasteiger partial charge is 0.333 e. The van der Waals surface area contributed by atoms with Crippen LogP contribution in [0.15, 0.2) is 6.20 Å². The second kappa shape index (κ2) is 4.76. The summed E-state index contributed by atoms with van der Waals surface area (Å²) in [7, 11) is 0. The Balaban J connectivity index is 2.61. The molecule has 78 valence electrons. The molecule has 0 aliphatic carbocycles. The lowest BCUT2D eigenvalue weighted by molar-refractivity contribution is -0.118. The lowest BCUT2D eigenvalue weighted by Crippen LogP contribution is -2.32. The topological polar surface area (TPSA) is 64.2 Å². The quantitative estimate of drug-likeness (QED) is 0.314. The van der Waals surface area contributed by atoms with Gasteiger partial charge in [-0.25, -0.2) is 10.8 Å². The van der Waals surface area contributed by atoms with Gasteiger partial charge in [0.1, 0.15) is 5.82 Å². The molecule has 0 radical (unpaired) electrons. The van der Waals surface area contributed by atoms with Gasteiger partial charge in [-0.3, -0.25) is 9.80 Å². The fourth-order valence-corrected chi connectivity index (χ4v) is 1.35. The predicted octanol–water partition coefficient (Wildman–Crippen LogP) is 0.0860. The van der Waals surface area contributed by atoms with Crippen molar-refractivity contribution < 1.29 is 4.79 Å².